The molecule has 0 radical (unpaired) electrons. The Hall–Kier alpha value is -1.30. The first-order chi connectivity index (χ1) is 12.0. The summed E-state index contributed by atoms with van der Waals surface area (Å²) in [6.07, 6.45) is 6.43. The lowest BCUT2D eigenvalue weighted by atomic mass is 10.1. The highest BCUT2D eigenvalue weighted by atomic mass is 35.5. The van der Waals surface area contributed by atoms with Gasteiger partial charge in [-0.3, -0.25) is 9.59 Å². The number of esters is 1. The Bertz CT molecular complexity index is 509. The number of hydrogen-bond donors (Lipinski definition) is 1. The summed E-state index contributed by atoms with van der Waals surface area (Å²) in [7, 11) is 0. The monoisotopic (exact) mass is 388 g/mol. The Morgan fingerprint density at radius 3 is 2.72 bits per heavy atom. The smallest absolute Gasteiger partial charge is 0.328 e. The number of cyclic esters (lactones) is 1. The van der Waals surface area contributed by atoms with Crippen LogP contribution in [0, 0.1) is 0 Å². The van der Waals surface area contributed by atoms with E-state index in [-0.39, 0.29) is 17.6 Å². The molecule has 25 heavy (non-hydrogen) atoms. The van der Waals surface area contributed by atoms with E-state index < -0.39 is 17.9 Å². The van der Waals surface area contributed by atoms with Crippen molar-refractivity contribution >= 4 is 46.6 Å². The number of nitrogens with one attached hydrogen (secondary N) is 1. The van der Waals surface area contributed by atoms with E-state index in [1.54, 1.807) is 0 Å². The van der Waals surface area contributed by atoms with Crippen molar-refractivity contribution in [3.8, 4) is 0 Å². The maximum Gasteiger partial charge on any atom is 0.328 e. The van der Waals surface area contributed by atoms with Crippen LogP contribution in [0.15, 0.2) is 4.99 Å². The lowest BCUT2D eigenvalue weighted by Gasteiger charge is -2.08. The van der Waals surface area contributed by atoms with Crippen molar-refractivity contribution in [2.75, 3.05) is 13.2 Å². The standard InChI is InChI=1S/C17H25ClN2O4S/c18-13(11-19-12-25)6-4-2-1-3-5-7-14(21)10-16(22)20-15-8-9-24-17(15)23/h13,15H,1-11H2,(H,20,22)/t13?,15-/m0/s1. The number of ketones is 1. The highest BCUT2D eigenvalue weighted by Gasteiger charge is 2.28. The third-order valence-electron chi connectivity index (χ3n) is 3.96. The summed E-state index contributed by atoms with van der Waals surface area (Å²) in [6.45, 7) is 0.835. The molecule has 1 heterocycles. The van der Waals surface area contributed by atoms with Crippen LogP contribution in [-0.4, -0.2) is 47.4 Å². The number of thiocarbonyl (C=S) groups is 1. The van der Waals surface area contributed by atoms with E-state index in [0.717, 1.165) is 38.5 Å². The number of aliphatic imine (C=N–C) groups is 1. The lowest BCUT2D eigenvalue weighted by Crippen LogP contribution is -2.38. The van der Waals surface area contributed by atoms with Crippen LogP contribution in [0.2, 0.25) is 0 Å². The number of amides is 1. The molecule has 0 aromatic rings. The van der Waals surface area contributed by atoms with Gasteiger partial charge in [-0.15, -0.1) is 11.6 Å². The van der Waals surface area contributed by atoms with Gasteiger partial charge < -0.3 is 10.1 Å². The predicted molar refractivity (Wildman–Crippen MR) is 99.0 cm³/mol. The van der Waals surface area contributed by atoms with Gasteiger partial charge in [-0.1, -0.05) is 25.7 Å². The first-order valence-corrected chi connectivity index (χ1v) is 9.52. The molecule has 0 bridgehead atoms. The van der Waals surface area contributed by atoms with Gasteiger partial charge in [0.25, 0.3) is 0 Å². The second-order valence-corrected chi connectivity index (χ2v) is 6.93. The number of isothiocyanates is 1. The molecule has 0 aromatic carbocycles. The first-order valence-electron chi connectivity index (χ1n) is 8.68. The summed E-state index contributed by atoms with van der Waals surface area (Å²) in [5.41, 5.74) is 0. The minimum atomic E-state index is -0.597. The molecule has 1 saturated heterocycles. The average molecular weight is 389 g/mol. The molecule has 1 rings (SSSR count). The molecule has 6 nitrogen and oxygen atoms in total. The van der Waals surface area contributed by atoms with Crippen LogP contribution >= 0.6 is 23.8 Å². The predicted octanol–water partition coefficient (Wildman–Crippen LogP) is 2.82. The number of halogens is 1. The number of carbonyl (C=O) groups excluding carboxylic acids is 3. The molecule has 8 heteroatoms. The van der Waals surface area contributed by atoms with Gasteiger partial charge in [0.15, 0.2) is 0 Å². The van der Waals surface area contributed by atoms with Gasteiger partial charge in [-0.25, -0.2) is 9.79 Å². The quantitative estimate of drug-likeness (QED) is 0.131. The highest BCUT2D eigenvalue weighted by Crippen LogP contribution is 2.13. The first kappa shape index (κ1) is 21.7. The summed E-state index contributed by atoms with van der Waals surface area (Å²) < 4.78 is 4.76. The number of ether oxygens (including phenoxy) is 1. The SMILES string of the molecule is O=C(CCCCCCCC(Cl)CN=C=S)CC(=O)N[C@H]1CCOC1=O. The van der Waals surface area contributed by atoms with Gasteiger partial charge in [0.05, 0.1) is 30.1 Å². The van der Waals surface area contributed by atoms with Crippen molar-refractivity contribution in [2.24, 2.45) is 4.99 Å². The molecule has 0 aromatic heterocycles. The van der Waals surface area contributed by atoms with E-state index in [9.17, 15) is 14.4 Å². The number of rotatable bonds is 13. The second-order valence-electron chi connectivity index (χ2n) is 6.13. The fourth-order valence-electron chi connectivity index (χ4n) is 2.59. The third kappa shape index (κ3) is 10.3. The van der Waals surface area contributed by atoms with E-state index >= 15 is 0 Å². The molecule has 2 atom stereocenters. The maximum atomic E-state index is 11.8. The van der Waals surface area contributed by atoms with Gasteiger partial charge in [-0.05, 0) is 25.1 Å². The van der Waals surface area contributed by atoms with Crippen molar-refractivity contribution in [1.29, 1.82) is 0 Å². The zero-order chi connectivity index (χ0) is 18.5. The molecule has 1 amide bonds. The van der Waals surface area contributed by atoms with Gasteiger partial charge in [0.2, 0.25) is 5.91 Å². The van der Waals surface area contributed by atoms with Crippen LogP contribution in [0.3, 0.4) is 0 Å². The number of Topliss-reactive ketones (excluding diaryl/α,β-unsaturated/α-hetero) is 1. The molecule has 1 aliphatic rings. The number of carbonyl (C=O) groups is 3. The topological polar surface area (TPSA) is 84.8 Å². The van der Waals surface area contributed by atoms with Crippen LogP contribution in [0.1, 0.15) is 57.8 Å². The van der Waals surface area contributed by atoms with Crippen molar-refractivity contribution in [3.63, 3.8) is 0 Å². The normalized spacial score (nSPS) is 17.5. The van der Waals surface area contributed by atoms with Gasteiger partial charge in [-0.2, -0.15) is 0 Å². The summed E-state index contributed by atoms with van der Waals surface area (Å²) in [6, 6.07) is -0.597. The Labute approximate surface area is 158 Å². The average Bonchev–Trinajstić information content (AvgIpc) is 2.96. The van der Waals surface area contributed by atoms with Crippen LogP contribution in [0.25, 0.3) is 0 Å². The van der Waals surface area contributed by atoms with Crippen LogP contribution < -0.4 is 5.32 Å². The van der Waals surface area contributed by atoms with Crippen molar-refractivity contribution in [2.45, 2.75) is 69.2 Å². The molecular weight excluding hydrogens is 364 g/mol. The Morgan fingerprint density at radius 2 is 2.04 bits per heavy atom. The van der Waals surface area contributed by atoms with Crippen LogP contribution in [0.4, 0.5) is 0 Å². The molecule has 1 fully saturated rings. The largest absolute Gasteiger partial charge is 0.464 e. The van der Waals surface area contributed by atoms with Crippen LogP contribution in [-0.2, 0) is 19.1 Å². The van der Waals surface area contributed by atoms with E-state index in [1.807, 2.05) is 0 Å². The number of nitrogens with zero attached hydrogens (tertiary/aromatic N) is 1. The zero-order valence-corrected chi connectivity index (χ0v) is 15.9. The number of alkyl halides is 1. The molecule has 0 saturated carbocycles. The fraction of sp³-hybridized carbons (Fsp3) is 0.765. The molecular formula is C17H25ClN2O4S. The Balaban J connectivity index is 1.98. The zero-order valence-electron chi connectivity index (χ0n) is 14.3. The third-order valence-corrected chi connectivity index (χ3v) is 4.44. The summed E-state index contributed by atoms with van der Waals surface area (Å²) in [4.78, 5) is 38.5. The lowest BCUT2D eigenvalue weighted by molar-refractivity contribution is -0.142. The van der Waals surface area contributed by atoms with E-state index in [0.29, 0.717) is 26.0 Å². The van der Waals surface area contributed by atoms with Gasteiger partial charge >= 0.3 is 5.97 Å². The molecule has 0 aliphatic carbocycles. The molecule has 0 spiro atoms. The minimum absolute atomic E-state index is 0.00712. The second kappa shape index (κ2) is 13.0. The van der Waals surface area contributed by atoms with Crippen molar-refractivity contribution in [3.05, 3.63) is 0 Å². The fourth-order valence-corrected chi connectivity index (χ4v) is 2.88. The minimum Gasteiger partial charge on any atom is -0.464 e. The number of unbranched alkanes of at least 4 members (excludes halogenated alkanes) is 4. The highest BCUT2D eigenvalue weighted by molar-refractivity contribution is 7.78. The van der Waals surface area contributed by atoms with Crippen molar-refractivity contribution < 1.29 is 19.1 Å². The Morgan fingerprint density at radius 1 is 1.32 bits per heavy atom. The molecule has 1 aliphatic heterocycles. The molecule has 1 N–H and O–H groups in total. The molecule has 1 unspecified atom stereocenters. The van der Waals surface area contributed by atoms with Gasteiger partial charge in [0, 0.05) is 12.8 Å². The molecule has 140 valence electrons. The summed E-state index contributed by atoms with van der Waals surface area (Å²) >= 11 is 10.6. The van der Waals surface area contributed by atoms with Crippen LogP contribution in [0.5, 0.6) is 0 Å². The van der Waals surface area contributed by atoms with Crippen molar-refractivity contribution in [1.82, 2.24) is 5.32 Å². The van der Waals surface area contributed by atoms with Gasteiger partial charge in [0.1, 0.15) is 11.8 Å². The number of hydrogen-bond acceptors (Lipinski definition) is 6. The summed E-state index contributed by atoms with van der Waals surface area (Å²) in [5.74, 6) is -0.919. The summed E-state index contributed by atoms with van der Waals surface area (Å²) in [5, 5.41) is 4.85. The van der Waals surface area contributed by atoms with E-state index in [2.05, 4.69) is 27.7 Å². The maximum absolute atomic E-state index is 11.8. The Kier molecular flexibility index (Phi) is 11.3. The van der Waals surface area contributed by atoms with E-state index in [1.165, 1.54) is 0 Å². The van der Waals surface area contributed by atoms with E-state index in [4.69, 9.17) is 16.3 Å².